The Balaban J connectivity index is 1.94. The minimum atomic E-state index is 0.548. The van der Waals surface area contributed by atoms with Gasteiger partial charge in [-0.3, -0.25) is 4.90 Å². The maximum atomic E-state index is 5.97. The van der Waals surface area contributed by atoms with Gasteiger partial charge in [-0.05, 0) is 36.4 Å². The molecule has 0 bridgehead atoms. The van der Waals surface area contributed by atoms with E-state index in [9.17, 15) is 0 Å². The van der Waals surface area contributed by atoms with Crippen LogP contribution in [-0.4, -0.2) is 31.1 Å². The zero-order valence-corrected chi connectivity index (χ0v) is 12.8. The second-order valence-electron chi connectivity index (χ2n) is 5.91. The van der Waals surface area contributed by atoms with Gasteiger partial charge in [-0.1, -0.05) is 37.6 Å². The third kappa shape index (κ3) is 4.05. The van der Waals surface area contributed by atoms with Gasteiger partial charge in [-0.15, -0.1) is 0 Å². The molecule has 0 aromatic heterocycles. The van der Waals surface area contributed by atoms with Crippen molar-refractivity contribution in [1.82, 2.24) is 4.90 Å². The van der Waals surface area contributed by atoms with E-state index in [1.54, 1.807) is 7.11 Å². The normalized spacial score (nSPS) is 23.9. The fourth-order valence-electron chi connectivity index (χ4n) is 3.15. The van der Waals surface area contributed by atoms with Crippen LogP contribution in [0.1, 0.15) is 37.3 Å². The quantitative estimate of drug-likeness (QED) is 0.868. The van der Waals surface area contributed by atoms with Crippen LogP contribution in [0.2, 0.25) is 0 Å². The summed E-state index contributed by atoms with van der Waals surface area (Å²) in [6.45, 7) is 5.96. The summed E-state index contributed by atoms with van der Waals surface area (Å²) < 4.78 is 5.15. The molecular formula is C17H28N2O. The van der Waals surface area contributed by atoms with Crippen molar-refractivity contribution in [3.8, 4) is 0 Å². The standard InChI is InChI=1S/C17H28N2O/c1-3-14-8-9-19(17(10-14)11-18)12-15-4-6-16(7-5-15)13-20-2/h4-7,14,17H,3,8-13,18H2,1-2H3. The van der Waals surface area contributed by atoms with Crippen molar-refractivity contribution in [2.75, 3.05) is 20.2 Å². The molecule has 1 heterocycles. The first-order valence-corrected chi connectivity index (χ1v) is 7.77. The van der Waals surface area contributed by atoms with E-state index in [4.69, 9.17) is 10.5 Å². The van der Waals surface area contributed by atoms with Crippen LogP contribution in [0.3, 0.4) is 0 Å². The van der Waals surface area contributed by atoms with Crippen LogP contribution in [0.15, 0.2) is 24.3 Å². The molecule has 0 saturated carbocycles. The molecule has 1 saturated heterocycles. The van der Waals surface area contributed by atoms with Crippen LogP contribution < -0.4 is 5.73 Å². The maximum Gasteiger partial charge on any atom is 0.0713 e. The van der Waals surface area contributed by atoms with E-state index in [-0.39, 0.29) is 0 Å². The molecule has 2 atom stereocenters. The summed E-state index contributed by atoms with van der Waals surface area (Å²) in [4.78, 5) is 2.55. The molecule has 2 rings (SSSR count). The lowest BCUT2D eigenvalue weighted by atomic mass is 9.88. The monoisotopic (exact) mass is 276 g/mol. The molecule has 2 unspecified atom stereocenters. The number of nitrogens with zero attached hydrogens (tertiary/aromatic N) is 1. The predicted octanol–water partition coefficient (Wildman–Crippen LogP) is 2.78. The fourth-order valence-corrected chi connectivity index (χ4v) is 3.15. The summed E-state index contributed by atoms with van der Waals surface area (Å²) in [7, 11) is 1.73. The third-order valence-corrected chi connectivity index (χ3v) is 4.52. The summed E-state index contributed by atoms with van der Waals surface area (Å²) in [5.74, 6) is 0.865. The van der Waals surface area contributed by atoms with Gasteiger partial charge in [0.15, 0.2) is 0 Å². The lowest BCUT2D eigenvalue weighted by molar-refractivity contribution is 0.107. The second-order valence-corrected chi connectivity index (χ2v) is 5.91. The van der Waals surface area contributed by atoms with E-state index in [0.717, 1.165) is 19.0 Å². The number of benzene rings is 1. The van der Waals surface area contributed by atoms with Crippen LogP contribution in [0.4, 0.5) is 0 Å². The van der Waals surface area contributed by atoms with Crippen LogP contribution in [0.5, 0.6) is 0 Å². The van der Waals surface area contributed by atoms with E-state index >= 15 is 0 Å². The zero-order valence-electron chi connectivity index (χ0n) is 12.8. The van der Waals surface area contributed by atoms with Gasteiger partial charge in [-0.2, -0.15) is 0 Å². The number of ether oxygens (including phenoxy) is 1. The molecule has 3 nitrogen and oxygen atoms in total. The highest BCUT2D eigenvalue weighted by Gasteiger charge is 2.26. The molecule has 112 valence electrons. The van der Waals surface area contributed by atoms with Gasteiger partial charge in [0.2, 0.25) is 0 Å². The van der Waals surface area contributed by atoms with Gasteiger partial charge in [-0.25, -0.2) is 0 Å². The topological polar surface area (TPSA) is 38.5 Å². The van der Waals surface area contributed by atoms with Crippen LogP contribution in [0, 0.1) is 5.92 Å². The average molecular weight is 276 g/mol. The summed E-state index contributed by atoms with van der Waals surface area (Å²) in [6.07, 6.45) is 3.86. The van der Waals surface area contributed by atoms with Gasteiger partial charge in [0, 0.05) is 26.2 Å². The molecule has 0 spiro atoms. The van der Waals surface area contributed by atoms with E-state index in [2.05, 4.69) is 36.1 Å². The highest BCUT2D eigenvalue weighted by atomic mass is 16.5. The fraction of sp³-hybridized carbons (Fsp3) is 0.647. The first-order valence-electron chi connectivity index (χ1n) is 7.77. The molecule has 1 aromatic rings. The van der Waals surface area contributed by atoms with Gasteiger partial charge >= 0.3 is 0 Å². The van der Waals surface area contributed by atoms with Crippen molar-refractivity contribution in [2.24, 2.45) is 11.7 Å². The Bertz CT molecular complexity index is 390. The van der Waals surface area contributed by atoms with Gasteiger partial charge in [0.25, 0.3) is 0 Å². The number of nitrogens with two attached hydrogens (primary N) is 1. The Morgan fingerprint density at radius 1 is 1.25 bits per heavy atom. The summed E-state index contributed by atoms with van der Waals surface area (Å²) >= 11 is 0. The Hall–Kier alpha value is -0.900. The number of hydrogen-bond acceptors (Lipinski definition) is 3. The molecule has 1 aliphatic rings. The first-order chi connectivity index (χ1) is 9.76. The van der Waals surface area contributed by atoms with Crippen LogP contribution in [0.25, 0.3) is 0 Å². The summed E-state index contributed by atoms with van der Waals surface area (Å²) in [5, 5.41) is 0. The summed E-state index contributed by atoms with van der Waals surface area (Å²) in [6, 6.07) is 9.30. The van der Waals surface area contributed by atoms with E-state index in [1.807, 2.05) is 0 Å². The van der Waals surface area contributed by atoms with Crippen LogP contribution in [-0.2, 0) is 17.9 Å². The minimum absolute atomic E-state index is 0.548. The van der Waals surface area contributed by atoms with Gasteiger partial charge < -0.3 is 10.5 Å². The van der Waals surface area contributed by atoms with Gasteiger partial charge in [0.05, 0.1) is 6.61 Å². The molecule has 0 amide bonds. The molecule has 0 aliphatic carbocycles. The number of methoxy groups -OCH3 is 1. The number of likely N-dealkylation sites (tertiary alicyclic amines) is 1. The zero-order chi connectivity index (χ0) is 14.4. The molecule has 1 aliphatic heterocycles. The van der Waals surface area contributed by atoms with Crippen molar-refractivity contribution in [3.05, 3.63) is 35.4 Å². The Kier molecular flexibility index (Phi) is 6.02. The Morgan fingerprint density at radius 3 is 2.55 bits per heavy atom. The molecule has 0 radical (unpaired) electrons. The second kappa shape index (κ2) is 7.77. The van der Waals surface area contributed by atoms with Crippen molar-refractivity contribution < 1.29 is 4.74 Å². The molecule has 2 N–H and O–H groups in total. The van der Waals surface area contributed by atoms with E-state index in [1.165, 1.54) is 36.9 Å². The SMILES string of the molecule is CCC1CCN(Cc2ccc(COC)cc2)C(CN)C1. The van der Waals surface area contributed by atoms with Crippen molar-refractivity contribution in [3.63, 3.8) is 0 Å². The summed E-state index contributed by atoms with van der Waals surface area (Å²) in [5.41, 5.74) is 8.58. The number of piperidine rings is 1. The van der Waals surface area contributed by atoms with Crippen LogP contribution >= 0.6 is 0 Å². The molecule has 3 heteroatoms. The number of rotatable bonds is 6. The van der Waals surface area contributed by atoms with E-state index in [0.29, 0.717) is 12.6 Å². The highest BCUT2D eigenvalue weighted by molar-refractivity contribution is 5.22. The largest absolute Gasteiger partial charge is 0.380 e. The predicted molar refractivity (Wildman–Crippen MR) is 83.4 cm³/mol. The molecule has 20 heavy (non-hydrogen) atoms. The first kappa shape index (κ1) is 15.5. The van der Waals surface area contributed by atoms with Crippen molar-refractivity contribution >= 4 is 0 Å². The third-order valence-electron chi connectivity index (χ3n) is 4.52. The van der Waals surface area contributed by atoms with Crippen molar-refractivity contribution in [1.29, 1.82) is 0 Å². The van der Waals surface area contributed by atoms with E-state index < -0.39 is 0 Å². The minimum Gasteiger partial charge on any atom is -0.380 e. The Morgan fingerprint density at radius 2 is 1.95 bits per heavy atom. The Labute approximate surface area is 123 Å². The molecule has 1 fully saturated rings. The lowest BCUT2D eigenvalue weighted by Crippen LogP contribution is -2.45. The number of hydrogen-bond donors (Lipinski definition) is 1. The molecular weight excluding hydrogens is 248 g/mol. The lowest BCUT2D eigenvalue weighted by Gasteiger charge is -2.39. The molecule has 1 aromatic carbocycles. The van der Waals surface area contributed by atoms with Crippen molar-refractivity contribution in [2.45, 2.75) is 45.4 Å². The smallest absolute Gasteiger partial charge is 0.0713 e. The highest BCUT2D eigenvalue weighted by Crippen LogP contribution is 2.26. The maximum absolute atomic E-state index is 5.97. The average Bonchev–Trinajstić information content (AvgIpc) is 2.50. The van der Waals surface area contributed by atoms with Gasteiger partial charge in [0.1, 0.15) is 0 Å².